The lowest BCUT2D eigenvalue weighted by Gasteiger charge is -2.16. The Balaban J connectivity index is 1.54. The summed E-state index contributed by atoms with van der Waals surface area (Å²) in [5, 5.41) is 14.8. The maximum absolute atomic E-state index is 12.6. The van der Waals surface area contributed by atoms with E-state index in [0.717, 1.165) is 28.5 Å². The summed E-state index contributed by atoms with van der Waals surface area (Å²) in [6.07, 6.45) is 2.53. The van der Waals surface area contributed by atoms with Crippen LogP contribution in [-0.4, -0.2) is 21.3 Å². The first-order chi connectivity index (χ1) is 12.7. The highest BCUT2D eigenvalue weighted by Crippen LogP contribution is 2.24. The van der Waals surface area contributed by atoms with Crippen LogP contribution in [-0.2, 0) is 0 Å². The molecule has 1 unspecified atom stereocenters. The number of benzene rings is 2. The van der Waals surface area contributed by atoms with Crippen molar-refractivity contribution in [3.63, 3.8) is 0 Å². The summed E-state index contributed by atoms with van der Waals surface area (Å²) in [7, 11) is 0. The molecule has 1 atom stereocenters. The van der Waals surface area contributed by atoms with Gasteiger partial charge < -0.3 is 9.84 Å². The number of nitrogens with zero attached hydrogens (tertiary/aromatic N) is 2. The van der Waals surface area contributed by atoms with Gasteiger partial charge >= 0.3 is 0 Å². The number of fused-ring (bicyclic) bond motifs is 1. The van der Waals surface area contributed by atoms with Crippen LogP contribution in [0.1, 0.15) is 35.4 Å². The molecule has 0 bridgehead atoms. The van der Waals surface area contributed by atoms with E-state index >= 15 is 0 Å². The fraction of sp³-hybridized carbons (Fsp3) is 0.150. The molecule has 0 aliphatic carbocycles. The van der Waals surface area contributed by atoms with Gasteiger partial charge in [-0.3, -0.25) is 9.89 Å². The summed E-state index contributed by atoms with van der Waals surface area (Å²) in [5.74, 6) is 0.297. The zero-order chi connectivity index (χ0) is 17.9. The predicted molar refractivity (Wildman–Crippen MR) is 98.5 cm³/mol. The standard InChI is InChI=1S/C20H18N4O2/c1-2-16(13-6-4-3-5-7-13)22-20(25)18-11-19(26-24-18)14-8-9-17-15(10-14)12-21-23-17/h3-12,16H,2H2,1H3,(H,21,23)(H,22,25). The van der Waals surface area contributed by atoms with Crippen LogP contribution in [0.4, 0.5) is 0 Å². The molecule has 1 amide bonds. The molecule has 0 saturated carbocycles. The largest absolute Gasteiger partial charge is 0.355 e. The van der Waals surface area contributed by atoms with Crippen molar-refractivity contribution in [3.8, 4) is 11.3 Å². The molecule has 0 fully saturated rings. The maximum atomic E-state index is 12.6. The number of H-pyrrole nitrogens is 1. The van der Waals surface area contributed by atoms with Gasteiger partial charge in [0.2, 0.25) is 0 Å². The van der Waals surface area contributed by atoms with Gasteiger partial charge in [-0.2, -0.15) is 5.10 Å². The van der Waals surface area contributed by atoms with Gasteiger partial charge in [0.15, 0.2) is 11.5 Å². The quantitative estimate of drug-likeness (QED) is 0.570. The minimum absolute atomic E-state index is 0.0638. The fourth-order valence-electron chi connectivity index (χ4n) is 2.95. The lowest BCUT2D eigenvalue weighted by molar-refractivity contribution is 0.0926. The molecule has 2 aromatic carbocycles. The number of aromatic nitrogens is 3. The maximum Gasteiger partial charge on any atom is 0.273 e. The van der Waals surface area contributed by atoms with Gasteiger partial charge in [-0.1, -0.05) is 42.4 Å². The highest BCUT2D eigenvalue weighted by Gasteiger charge is 2.18. The Bertz CT molecular complexity index is 1040. The zero-order valence-electron chi connectivity index (χ0n) is 14.3. The Morgan fingerprint density at radius 3 is 2.85 bits per heavy atom. The van der Waals surface area contributed by atoms with Gasteiger partial charge in [-0.15, -0.1) is 0 Å². The number of carbonyl (C=O) groups is 1. The third kappa shape index (κ3) is 3.09. The second-order valence-electron chi connectivity index (χ2n) is 6.09. The van der Waals surface area contributed by atoms with Gasteiger partial charge in [0.1, 0.15) is 0 Å². The van der Waals surface area contributed by atoms with E-state index in [1.807, 2.05) is 55.5 Å². The highest BCUT2D eigenvalue weighted by atomic mass is 16.5. The van der Waals surface area contributed by atoms with Crippen LogP contribution >= 0.6 is 0 Å². The molecule has 6 nitrogen and oxygen atoms in total. The molecule has 0 radical (unpaired) electrons. The van der Waals surface area contributed by atoms with Crippen molar-refractivity contribution in [1.29, 1.82) is 0 Å². The SMILES string of the molecule is CCC(NC(=O)c1cc(-c2ccc3[nH]ncc3c2)on1)c1ccccc1. The van der Waals surface area contributed by atoms with Crippen molar-refractivity contribution >= 4 is 16.8 Å². The number of rotatable bonds is 5. The molecule has 4 rings (SSSR count). The highest BCUT2D eigenvalue weighted by molar-refractivity contribution is 5.93. The first-order valence-corrected chi connectivity index (χ1v) is 8.50. The number of nitrogens with one attached hydrogen (secondary N) is 2. The number of aromatic amines is 1. The molecule has 6 heteroatoms. The van der Waals surface area contributed by atoms with E-state index in [0.29, 0.717) is 5.76 Å². The van der Waals surface area contributed by atoms with Crippen molar-refractivity contribution in [3.05, 3.63) is 72.1 Å². The lowest BCUT2D eigenvalue weighted by atomic mass is 10.0. The Morgan fingerprint density at radius 2 is 2.04 bits per heavy atom. The fourth-order valence-corrected chi connectivity index (χ4v) is 2.95. The minimum Gasteiger partial charge on any atom is -0.355 e. The number of hydrogen-bond acceptors (Lipinski definition) is 4. The molecule has 0 aliphatic heterocycles. The van der Waals surface area contributed by atoms with E-state index < -0.39 is 0 Å². The van der Waals surface area contributed by atoms with Crippen molar-refractivity contribution < 1.29 is 9.32 Å². The van der Waals surface area contributed by atoms with Gasteiger partial charge in [0.25, 0.3) is 5.91 Å². The Morgan fingerprint density at radius 1 is 1.19 bits per heavy atom. The number of carbonyl (C=O) groups excluding carboxylic acids is 1. The molecule has 0 spiro atoms. The molecule has 130 valence electrons. The Kier molecular flexibility index (Phi) is 4.23. The summed E-state index contributed by atoms with van der Waals surface area (Å²) >= 11 is 0. The van der Waals surface area contributed by atoms with E-state index in [1.165, 1.54) is 0 Å². The topological polar surface area (TPSA) is 83.8 Å². The lowest BCUT2D eigenvalue weighted by Crippen LogP contribution is -2.28. The smallest absolute Gasteiger partial charge is 0.273 e. The van der Waals surface area contributed by atoms with Crippen molar-refractivity contribution in [2.75, 3.05) is 0 Å². The summed E-state index contributed by atoms with van der Waals surface area (Å²) < 4.78 is 5.38. The van der Waals surface area contributed by atoms with Crippen molar-refractivity contribution in [2.24, 2.45) is 0 Å². The third-order valence-electron chi connectivity index (χ3n) is 4.38. The number of hydrogen-bond donors (Lipinski definition) is 2. The first-order valence-electron chi connectivity index (χ1n) is 8.50. The summed E-state index contributed by atoms with van der Waals surface area (Å²) in [6.45, 7) is 2.03. The van der Waals surface area contributed by atoms with E-state index in [-0.39, 0.29) is 17.6 Å². The van der Waals surface area contributed by atoms with Crippen LogP contribution in [0.5, 0.6) is 0 Å². The van der Waals surface area contributed by atoms with E-state index in [9.17, 15) is 4.79 Å². The molecule has 0 aliphatic rings. The average Bonchev–Trinajstić information content (AvgIpc) is 3.35. The van der Waals surface area contributed by atoms with Gasteiger partial charge in [-0.25, -0.2) is 0 Å². The minimum atomic E-state index is -0.250. The van der Waals surface area contributed by atoms with Gasteiger partial charge in [0.05, 0.1) is 17.8 Å². The molecule has 4 aromatic rings. The van der Waals surface area contributed by atoms with Crippen LogP contribution < -0.4 is 5.32 Å². The first kappa shape index (κ1) is 16.1. The van der Waals surface area contributed by atoms with Crippen LogP contribution in [0.2, 0.25) is 0 Å². The Hall–Kier alpha value is -3.41. The number of amides is 1. The van der Waals surface area contributed by atoms with Crippen molar-refractivity contribution in [1.82, 2.24) is 20.7 Å². The van der Waals surface area contributed by atoms with Crippen LogP contribution in [0.3, 0.4) is 0 Å². The summed E-state index contributed by atoms with van der Waals surface area (Å²) in [5.41, 5.74) is 3.12. The average molecular weight is 346 g/mol. The molecule has 2 N–H and O–H groups in total. The van der Waals surface area contributed by atoms with Crippen LogP contribution in [0.25, 0.3) is 22.2 Å². The predicted octanol–water partition coefficient (Wildman–Crippen LogP) is 4.10. The molecular formula is C20H18N4O2. The molecule has 0 saturated heterocycles. The zero-order valence-corrected chi connectivity index (χ0v) is 14.3. The third-order valence-corrected chi connectivity index (χ3v) is 4.38. The second kappa shape index (κ2) is 6.84. The van der Waals surface area contributed by atoms with Gasteiger partial charge in [-0.05, 0) is 30.2 Å². The normalized spacial score (nSPS) is 12.2. The van der Waals surface area contributed by atoms with Crippen molar-refractivity contribution in [2.45, 2.75) is 19.4 Å². The van der Waals surface area contributed by atoms with Crippen LogP contribution in [0, 0.1) is 0 Å². The summed E-state index contributed by atoms with van der Waals surface area (Å²) in [4.78, 5) is 12.6. The summed E-state index contributed by atoms with van der Waals surface area (Å²) in [6, 6.07) is 17.3. The Labute approximate surface area is 150 Å². The monoisotopic (exact) mass is 346 g/mol. The van der Waals surface area contributed by atoms with E-state index in [1.54, 1.807) is 12.3 Å². The second-order valence-corrected chi connectivity index (χ2v) is 6.09. The van der Waals surface area contributed by atoms with Crippen LogP contribution in [0.15, 0.2) is 65.3 Å². The molecular weight excluding hydrogens is 328 g/mol. The molecule has 2 aromatic heterocycles. The molecule has 26 heavy (non-hydrogen) atoms. The molecule has 2 heterocycles. The van der Waals surface area contributed by atoms with E-state index in [2.05, 4.69) is 20.7 Å². The van der Waals surface area contributed by atoms with E-state index in [4.69, 9.17) is 4.52 Å². The van der Waals surface area contributed by atoms with Gasteiger partial charge in [0, 0.05) is 17.0 Å².